The summed E-state index contributed by atoms with van der Waals surface area (Å²) < 4.78 is 7.70. The summed E-state index contributed by atoms with van der Waals surface area (Å²) in [6, 6.07) is 0. The number of ether oxygens (including phenoxy) is 1. The lowest BCUT2D eigenvalue weighted by Gasteiger charge is -2.06. The molecule has 6 heteroatoms. The average Bonchev–Trinajstić information content (AvgIpc) is 2.78. The highest BCUT2D eigenvalue weighted by Gasteiger charge is 2.09. The predicted molar refractivity (Wildman–Crippen MR) is 62.8 cm³/mol. The number of imidazole rings is 1. The van der Waals surface area contributed by atoms with Gasteiger partial charge in [0.15, 0.2) is 0 Å². The van der Waals surface area contributed by atoms with Crippen LogP contribution >= 0.6 is 15.9 Å². The zero-order valence-corrected chi connectivity index (χ0v) is 10.6. The lowest BCUT2D eigenvalue weighted by atomic mass is 10.4. The molecule has 0 spiro atoms. The van der Waals surface area contributed by atoms with Gasteiger partial charge < -0.3 is 4.74 Å². The molecule has 2 aromatic heterocycles. The smallest absolute Gasteiger partial charge is 0.238 e. The molecule has 0 aromatic carbocycles. The van der Waals surface area contributed by atoms with Crippen molar-refractivity contribution in [2.75, 3.05) is 7.11 Å². The van der Waals surface area contributed by atoms with Crippen molar-refractivity contribution in [3.05, 3.63) is 28.9 Å². The molecule has 2 heterocycles. The van der Waals surface area contributed by atoms with E-state index in [9.17, 15) is 0 Å². The molecule has 2 rings (SSSR count). The maximum absolute atomic E-state index is 5.13. The molecule has 0 N–H and O–H groups in total. The van der Waals surface area contributed by atoms with Crippen LogP contribution in [0.4, 0.5) is 0 Å². The van der Waals surface area contributed by atoms with Gasteiger partial charge in [0.05, 0.1) is 17.8 Å². The predicted octanol–water partition coefficient (Wildman–Crippen LogP) is 2.00. The molecule has 84 valence electrons. The molecule has 0 unspecified atom stereocenters. The molecule has 0 fully saturated rings. The van der Waals surface area contributed by atoms with E-state index in [4.69, 9.17) is 4.74 Å². The Hall–Kier alpha value is -1.43. The first-order valence-corrected chi connectivity index (χ1v) is 5.64. The number of hydrogen-bond acceptors (Lipinski definition) is 4. The van der Waals surface area contributed by atoms with Gasteiger partial charge in [-0.3, -0.25) is 4.57 Å². The number of nitrogens with zero attached hydrogens (tertiary/aromatic N) is 4. The van der Waals surface area contributed by atoms with Gasteiger partial charge in [0.2, 0.25) is 11.8 Å². The summed E-state index contributed by atoms with van der Waals surface area (Å²) in [4.78, 5) is 12.7. The first-order valence-electron chi connectivity index (χ1n) is 4.85. The van der Waals surface area contributed by atoms with Crippen LogP contribution in [0.1, 0.15) is 12.7 Å². The van der Waals surface area contributed by atoms with Gasteiger partial charge in [0.1, 0.15) is 5.82 Å². The Kier molecular flexibility index (Phi) is 3.19. The Bertz CT molecular complexity index is 497. The van der Waals surface area contributed by atoms with Crippen LogP contribution in [0, 0.1) is 0 Å². The second-order valence-corrected chi connectivity index (χ2v) is 3.95. The van der Waals surface area contributed by atoms with Crippen molar-refractivity contribution in [3.63, 3.8) is 0 Å². The minimum absolute atomic E-state index is 0.515. The maximum Gasteiger partial charge on any atom is 0.238 e. The van der Waals surface area contributed by atoms with E-state index in [0.717, 1.165) is 16.7 Å². The molecular weight excluding hydrogens is 272 g/mol. The first kappa shape index (κ1) is 11.1. The van der Waals surface area contributed by atoms with E-state index in [2.05, 4.69) is 30.9 Å². The summed E-state index contributed by atoms with van der Waals surface area (Å²) in [6.07, 6.45) is 6.06. The number of aryl methyl sites for hydroxylation is 1. The van der Waals surface area contributed by atoms with Crippen molar-refractivity contribution >= 4 is 15.9 Å². The number of hydrogen-bond donors (Lipinski definition) is 0. The largest absolute Gasteiger partial charge is 0.480 e. The maximum atomic E-state index is 5.13. The van der Waals surface area contributed by atoms with Crippen LogP contribution in [-0.2, 0) is 6.42 Å². The van der Waals surface area contributed by atoms with Crippen molar-refractivity contribution in [1.82, 2.24) is 19.5 Å². The molecule has 0 saturated heterocycles. The number of halogens is 1. The summed E-state index contributed by atoms with van der Waals surface area (Å²) in [5, 5.41) is 0. The topological polar surface area (TPSA) is 52.8 Å². The summed E-state index contributed by atoms with van der Waals surface area (Å²) in [6.45, 7) is 2.04. The Morgan fingerprint density at radius 1 is 1.44 bits per heavy atom. The molecule has 0 atom stereocenters. The fourth-order valence-corrected chi connectivity index (χ4v) is 1.73. The molecular formula is C10H11BrN4O. The van der Waals surface area contributed by atoms with E-state index in [1.54, 1.807) is 19.5 Å². The molecule has 0 radical (unpaired) electrons. The number of aromatic nitrogens is 4. The van der Waals surface area contributed by atoms with Crippen LogP contribution in [0.15, 0.2) is 23.1 Å². The third-order valence-corrected chi connectivity index (χ3v) is 2.69. The highest BCUT2D eigenvalue weighted by molar-refractivity contribution is 9.10. The molecule has 0 aliphatic heterocycles. The number of methoxy groups -OCH3 is 1. The summed E-state index contributed by atoms with van der Waals surface area (Å²) in [5.74, 6) is 2.00. The van der Waals surface area contributed by atoms with Gasteiger partial charge in [-0.2, -0.15) is 4.98 Å². The fraction of sp³-hybridized carbons (Fsp3) is 0.300. The SMILES string of the molecule is CCc1nccn1-c1ncc(Br)c(OC)n1. The molecule has 0 bridgehead atoms. The lowest BCUT2D eigenvalue weighted by Crippen LogP contribution is -2.05. The van der Waals surface area contributed by atoms with Crippen LogP contribution < -0.4 is 4.74 Å². The van der Waals surface area contributed by atoms with E-state index in [-0.39, 0.29) is 0 Å². The number of rotatable bonds is 3. The fourth-order valence-electron chi connectivity index (χ4n) is 1.38. The Balaban J connectivity index is 2.48. The molecule has 0 saturated carbocycles. The second-order valence-electron chi connectivity index (χ2n) is 3.09. The van der Waals surface area contributed by atoms with Crippen molar-refractivity contribution in [2.24, 2.45) is 0 Å². The van der Waals surface area contributed by atoms with E-state index >= 15 is 0 Å². The first-order chi connectivity index (χ1) is 7.76. The van der Waals surface area contributed by atoms with Gasteiger partial charge in [0, 0.05) is 18.8 Å². The van der Waals surface area contributed by atoms with E-state index in [1.807, 2.05) is 17.7 Å². The molecule has 0 aliphatic rings. The van der Waals surface area contributed by atoms with Crippen molar-refractivity contribution in [1.29, 1.82) is 0 Å². The van der Waals surface area contributed by atoms with Crippen molar-refractivity contribution in [2.45, 2.75) is 13.3 Å². The minimum Gasteiger partial charge on any atom is -0.480 e. The Morgan fingerprint density at radius 2 is 2.25 bits per heavy atom. The summed E-state index contributed by atoms with van der Waals surface area (Å²) in [5.41, 5.74) is 0. The normalized spacial score (nSPS) is 10.4. The molecule has 2 aromatic rings. The van der Waals surface area contributed by atoms with Gasteiger partial charge in [-0.25, -0.2) is 9.97 Å². The van der Waals surface area contributed by atoms with Gasteiger partial charge in [-0.05, 0) is 15.9 Å². The molecule has 5 nitrogen and oxygen atoms in total. The second kappa shape index (κ2) is 4.61. The Morgan fingerprint density at radius 3 is 2.94 bits per heavy atom. The van der Waals surface area contributed by atoms with Gasteiger partial charge in [-0.15, -0.1) is 0 Å². The van der Waals surface area contributed by atoms with Gasteiger partial charge in [-0.1, -0.05) is 6.92 Å². The quantitative estimate of drug-likeness (QED) is 0.864. The van der Waals surface area contributed by atoms with Crippen LogP contribution in [0.2, 0.25) is 0 Å². The van der Waals surface area contributed by atoms with Crippen LogP contribution in [0.25, 0.3) is 5.95 Å². The summed E-state index contributed by atoms with van der Waals surface area (Å²) in [7, 11) is 1.57. The van der Waals surface area contributed by atoms with E-state index in [0.29, 0.717) is 11.8 Å². The minimum atomic E-state index is 0.515. The third kappa shape index (κ3) is 1.92. The molecule has 0 amide bonds. The van der Waals surface area contributed by atoms with Crippen LogP contribution in [-0.4, -0.2) is 26.6 Å². The molecule has 16 heavy (non-hydrogen) atoms. The molecule has 0 aliphatic carbocycles. The lowest BCUT2D eigenvalue weighted by molar-refractivity contribution is 0.393. The van der Waals surface area contributed by atoms with Crippen LogP contribution in [0.5, 0.6) is 5.88 Å². The monoisotopic (exact) mass is 282 g/mol. The average molecular weight is 283 g/mol. The van der Waals surface area contributed by atoms with Gasteiger partial charge >= 0.3 is 0 Å². The van der Waals surface area contributed by atoms with Gasteiger partial charge in [0.25, 0.3) is 0 Å². The zero-order valence-electron chi connectivity index (χ0n) is 9.01. The highest BCUT2D eigenvalue weighted by atomic mass is 79.9. The van der Waals surface area contributed by atoms with E-state index < -0.39 is 0 Å². The van der Waals surface area contributed by atoms with Crippen molar-refractivity contribution < 1.29 is 4.74 Å². The Labute approximate surface area is 102 Å². The van der Waals surface area contributed by atoms with E-state index in [1.165, 1.54) is 0 Å². The zero-order chi connectivity index (χ0) is 11.5. The highest BCUT2D eigenvalue weighted by Crippen LogP contribution is 2.21. The third-order valence-electron chi connectivity index (χ3n) is 2.14. The van der Waals surface area contributed by atoms with Crippen molar-refractivity contribution in [3.8, 4) is 11.8 Å². The standard InChI is InChI=1S/C10H11BrN4O/c1-3-8-12-4-5-15(8)10-13-6-7(11)9(14-10)16-2/h4-6H,3H2,1-2H3. The van der Waals surface area contributed by atoms with Crippen LogP contribution in [0.3, 0.4) is 0 Å². The summed E-state index contributed by atoms with van der Waals surface area (Å²) >= 11 is 3.31.